The van der Waals surface area contributed by atoms with Crippen molar-refractivity contribution in [3.8, 4) is 0 Å². The van der Waals surface area contributed by atoms with E-state index < -0.39 is 21.9 Å². The largest absolute Gasteiger partial charge is 0.481 e. The maximum Gasteiger partial charge on any atom is 0.306 e. The van der Waals surface area contributed by atoms with E-state index in [2.05, 4.69) is 0 Å². The van der Waals surface area contributed by atoms with E-state index in [9.17, 15) is 18.0 Å². The fourth-order valence-corrected chi connectivity index (χ4v) is 5.26. The van der Waals surface area contributed by atoms with E-state index in [-0.39, 0.29) is 17.9 Å². The van der Waals surface area contributed by atoms with Crippen molar-refractivity contribution in [3.05, 3.63) is 0 Å². The van der Waals surface area contributed by atoms with Gasteiger partial charge in [0, 0.05) is 31.6 Å². The maximum atomic E-state index is 12.7. The second-order valence-electron chi connectivity index (χ2n) is 6.92. The number of rotatable bonds is 5. The van der Waals surface area contributed by atoms with Crippen molar-refractivity contribution < 1.29 is 23.1 Å². The van der Waals surface area contributed by atoms with Gasteiger partial charge in [0.1, 0.15) is 0 Å². The molecule has 2 atom stereocenters. The van der Waals surface area contributed by atoms with Crippen LogP contribution in [0.3, 0.4) is 0 Å². The van der Waals surface area contributed by atoms with Crippen LogP contribution >= 0.6 is 0 Å². The van der Waals surface area contributed by atoms with Gasteiger partial charge in [-0.15, -0.1) is 0 Å². The van der Waals surface area contributed by atoms with Gasteiger partial charge in [0.15, 0.2) is 0 Å². The van der Waals surface area contributed by atoms with E-state index in [1.165, 1.54) is 10.6 Å². The van der Waals surface area contributed by atoms with Crippen molar-refractivity contribution in [2.24, 2.45) is 11.8 Å². The lowest BCUT2D eigenvalue weighted by atomic mass is 9.80. The molecule has 0 bridgehead atoms. The van der Waals surface area contributed by atoms with Crippen molar-refractivity contribution >= 4 is 21.9 Å². The normalized spacial score (nSPS) is 26.5. The summed E-state index contributed by atoms with van der Waals surface area (Å²) in [6.45, 7) is 3.36. The number of carboxylic acids is 1. The van der Waals surface area contributed by atoms with Gasteiger partial charge in [-0.25, -0.2) is 8.42 Å². The van der Waals surface area contributed by atoms with Crippen LogP contribution in [-0.4, -0.2) is 66.5 Å². The minimum absolute atomic E-state index is 0.0433. The molecule has 0 aromatic rings. The van der Waals surface area contributed by atoms with Crippen LogP contribution in [0.4, 0.5) is 0 Å². The molecule has 1 aliphatic carbocycles. The monoisotopic (exact) mass is 360 g/mol. The Bertz CT molecular complexity index is 569. The Hall–Kier alpha value is -1.15. The molecule has 0 aromatic heterocycles. The molecule has 0 spiro atoms. The first kappa shape index (κ1) is 19.2. The van der Waals surface area contributed by atoms with E-state index in [1.807, 2.05) is 6.92 Å². The highest BCUT2D eigenvalue weighted by atomic mass is 32.2. The number of nitrogens with zero attached hydrogens (tertiary/aromatic N) is 2. The van der Waals surface area contributed by atoms with Gasteiger partial charge in [-0.05, 0) is 32.1 Å². The first-order valence-corrected chi connectivity index (χ1v) is 10.6. The second-order valence-corrected chi connectivity index (χ2v) is 8.86. The van der Waals surface area contributed by atoms with Crippen molar-refractivity contribution in [3.63, 3.8) is 0 Å². The fraction of sp³-hybridized carbons (Fsp3) is 0.875. The molecule has 1 amide bonds. The number of piperidine rings is 1. The molecule has 2 unspecified atom stereocenters. The highest BCUT2D eigenvalue weighted by Crippen LogP contribution is 2.31. The molecule has 0 radical (unpaired) electrons. The number of hydrogen-bond acceptors (Lipinski definition) is 4. The molecule has 0 aromatic carbocycles. The first-order valence-electron chi connectivity index (χ1n) is 8.72. The molecule has 2 fully saturated rings. The summed E-state index contributed by atoms with van der Waals surface area (Å²) >= 11 is 0. The molecule has 2 rings (SSSR count). The standard InChI is InChI=1S/C16H28N2O5S/c1-3-18(24(2,22)23)14-7-9-17(10-8-14)15(19)12-5-4-6-13(11-12)16(20)21/h12-14H,3-11H2,1-2H3,(H,20,21). The van der Waals surface area contributed by atoms with E-state index in [0.29, 0.717) is 45.3 Å². The minimum atomic E-state index is -3.22. The van der Waals surface area contributed by atoms with Crippen LogP contribution < -0.4 is 0 Å². The molecule has 1 saturated heterocycles. The van der Waals surface area contributed by atoms with Crippen LogP contribution in [0.2, 0.25) is 0 Å². The number of aliphatic carboxylic acids is 1. The predicted molar refractivity (Wildman–Crippen MR) is 89.9 cm³/mol. The Morgan fingerprint density at radius 2 is 1.71 bits per heavy atom. The predicted octanol–water partition coefficient (Wildman–Crippen LogP) is 1.15. The Labute approximate surface area is 144 Å². The molecule has 1 N–H and O–H groups in total. The molecule has 1 saturated carbocycles. The number of sulfonamides is 1. The lowest BCUT2D eigenvalue weighted by Gasteiger charge is -2.39. The van der Waals surface area contributed by atoms with Crippen molar-refractivity contribution in [2.75, 3.05) is 25.9 Å². The van der Waals surface area contributed by atoms with Crippen LogP contribution in [0, 0.1) is 11.8 Å². The van der Waals surface area contributed by atoms with Crippen molar-refractivity contribution in [1.29, 1.82) is 0 Å². The SMILES string of the molecule is CCN(C1CCN(C(=O)C2CCCC(C(=O)O)C2)CC1)S(C)(=O)=O. The third kappa shape index (κ3) is 4.47. The smallest absolute Gasteiger partial charge is 0.306 e. The number of carboxylic acid groups (broad SMARTS) is 1. The van der Waals surface area contributed by atoms with Gasteiger partial charge in [-0.3, -0.25) is 9.59 Å². The van der Waals surface area contributed by atoms with Crippen molar-refractivity contribution in [2.45, 2.75) is 51.5 Å². The third-order valence-corrected chi connectivity index (χ3v) is 6.70. The van der Waals surface area contributed by atoms with Gasteiger partial charge >= 0.3 is 5.97 Å². The Morgan fingerprint density at radius 3 is 2.21 bits per heavy atom. The van der Waals surface area contributed by atoms with E-state index in [0.717, 1.165) is 12.8 Å². The lowest BCUT2D eigenvalue weighted by Crippen LogP contribution is -2.50. The van der Waals surface area contributed by atoms with Crippen LogP contribution in [0.1, 0.15) is 45.4 Å². The van der Waals surface area contributed by atoms with Crippen LogP contribution in [-0.2, 0) is 19.6 Å². The van der Waals surface area contributed by atoms with E-state index in [1.54, 1.807) is 4.90 Å². The van der Waals surface area contributed by atoms with Gasteiger partial charge in [0.25, 0.3) is 0 Å². The quantitative estimate of drug-likeness (QED) is 0.793. The van der Waals surface area contributed by atoms with Crippen LogP contribution in [0.25, 0.3) is 0 Å². The minimum Gasteiger partial charge on any atom is -0.481 e. The molecule has 7 nitrogen and oxygen atoms in total. The summed E-state index contributed by atoms with van der Waals surface area (Å²) in [5.41, 5.74) is 0. The number of carbonyl (C=O) groups is 2. The van der Waals surface area contributed by atoms with Gasteiger partial charge in [0.2, 0.25) is 15.9 Å². The molecule has 2 aliphatic rings. The highest BCUT2D eigenvalue weighted by Gasteiger charge is 2.36. The van der Waals surface area contributed by atoms with Gasteiger partial charge in [0.05, 0.1) is 12.2 Å². The number of carbonyl (C=O) groups excluding carboxylic acids is 1. The fourth-order valence-electron chi connectivity index (χ4n) is 4.03. The summed E-state index contributed by atoms with van der Waals surface area (Å²) in [5, 5.41) is 9.16. The maximum absolute atomic E-state index is 12.7. The number of amides is 1. The summed E-state index contributed by atoms with van der Waals surface area (Å²) < 4.78 is 25.1. The third-order valence-electron chi connectivity index (χ3n) is 5.29. The average molecular weight is 360 g/mol. The summed E-state index contributed by atoms with van der Waals surface area (Å²) in [5.74, 6) is -1.38. The van der Waals surface area contributed by atoms with Gasteiger partial charge in [-0.2, -0.15) is 4.31 Å². The van der Waals surface area contributed by atoms with E-state index in [4.69, 9.17) is 5.11 Å². The molecule has 8 heteroatoms. The first-order chi connectivity index (χ1) is 11.2. The Balaban J connectivity index is 1.92. The molecular weight excluding hydrogens is 332 g/mol. The second kappa shape index (κ2) is 7.82. The van der Waals surface area contributed by atoms with Gasteiger partial charge in [-0.1, -0.05) is 13.3 Å². The zero-order valence-corrected chi connectivity index (χ0v) is 15.3. The summed E-state index contributed by atoms with van der Waals surface area (Å²) in [6, 6.07) is -0.0489. The van der Waals surface area contributed by atoms with Crippen LogP contribution in [0.5, 0.6) is 0 Å². The summed E-state index contributed by atoms with van der Waals surface area (Å²) in [4.78, 5) is 25.6. The average Bonchev–Trinajstić information content (AvgIpc) is 2.54. The zero-order chi connectivity index (χ0) is 17.9. The van der Waals surface area contributed by atoms with Crippen molar-refractivity contribution in [1.82, 2.24) is 9.21 Å². The molecular formula is C16H28N2O5S. The summed E-state index contributed by atoms with van der Waals surface area (Å²) in [6.07, 6.45) is 5.12. The zero-order valence-electron chi connectivity index (χ0n) is 14.5. The molecule has 138 valence electrons. The van der Waals surface area contributed by atoms with Crippen LogP contribution in [0.15, 0.2) is 0 Å². The highest BCUT2D eigenvalue weighted by molar-refractivity contribution is 7.88. The van der Waals surface area contributed by atoms with Gasteiger partial charge < -0.3 is 10.0 Å². The molecule has 24 heavy (non-hydrogen) atoms. The Kier molecular flexibility index (Phi) is 6.25. The number of hydrogen-bond donors (Lipinski definition) is 1. The lowest BCUT2D eigenvalue weighted by molar-refractivity contribution is -0.145. The van der Waals surface area contributed by atoms with E-state index >= 15 is 0 Å². The topological polar surface area (TPSA) is 95.0 Å². The molecule has 1 aliphatic heterocycles. The summed E-state index contributed by atoms with van der Waals surface area (Å²) in [7, 11) is -3.22. The Morgan fingerprint density at radius 1 is 1.12 bits per heavy atom. The molecule has 1 heterocycles. The number of likely N-dealkylation sites (tertiary alicyclic amines) is 1.